The lowest BCUT2D eigenvalue weighted by Gasteiger charge is -2.07. The van der Waals surface area contributed by atoms with Crippen molar-refractivity contribution in [3.8, 4) is 17.1 Å². The standard InChI is InChI=1S/C18H13ClN2O5/c19-14-7-3-2-6-13(14)18-20-16(26-21-18)10-25-17(23)11-24-15-8-4-1-5-12(15)9-22/h1-9H,10-11H2. The highest BCUT2D eigenvalue weighted by molar-refractivity contribution is 6.33. The molecule has 0 amide bonds. The highest BCUT2D eigenvalue weighted by atomic mass is 35.5. The number of hydrogen-bond acceptors (Lipinski definition) is 7. The summed E-state index contributed by atoms with van der Waals surface area (Å²) in [6, 6.07) is 13.6. The molecule has 0 aliphatic heterocycles. The molecule has 3 aromatic rings. The van der Waals surface area contributed by atoms with Gasteiger partial charge in [0.2, 0.25) is 5.82 Å². The minimum absolute atomic E-state index is 0.126. The Labute approximate surface area is 153 Å². The van der Waals surface area contributed by atoms with E-state index in [1.807, 2.05) is 0 Å². The molecule has 1 aromatic heterocycles. The smallest absolute Gasteiger partial charge is 0.344 e. The van der Waals surface area contributed by atoms with E-state index in [-0.39, 0.29) is 19.1 Å². The first-order chi connectivity index (χ1) is 12.7. The summed E-state index contributed by atoms with van der Waals surface area (Å²) in [5.41, 5.74) is 0.964. The molecule has 0 radical (unpaired) electrons. The largest absolute Gasteiger partial charge is 0.481 e. The third-order valence-electron chi connectivity index (χ3n) is 3.33. The van der Waals surface area contributed by atoms with E-state index in [1.165, 1.54) is 0 Å². The first kappa shape index (κ1) is 17.6. The average Bonchev–Trinajstić information content (AvgIpc) is 3.14. The van der Waals surface area contributed by atoms with Crippen LogP contribution in [0, 0.1) is 0 Å². The molecule has 0 fully saturated rings. The van der Waals surface area contributed by atoms with Crippen LogP contribution in [-0.4, -0.2) is 29.0 Å². The highest BCUT2D eigenvalue weighted by Crippen LogP contribution is 2.24. The fraction of sp³-hybridized carbons (Fsp3) is 0.111. The lowest BCUT2D eigenvalue weighted by atomic mass is 10.2. The van der Waals surface area contributed by atoms with Crippen LogP contribution >= 0.6 is 11.6 Å². The minimum atomic E-state index is -0.636. The van der Waals surface area contributed by atoms with Crippen molar-refractivity contribution in [2.45, 2.75) is 6.61 Å². The third kappa shape index (κ3) is 4.25. The summed E-state index contributed by atoms with van der Waals surface area (Å²) < 4.78 is 15.3. The summed E-state index contributed by atoms with van der Waals surface area (Å²) in [6.45, 7) is -0.550. The molecule has 2 aromatic carbocycles. The highest BCUT2D eigenvalue weighted by Gasteiger charge is 2.14. The number of nitrogens with zero attached hydrogens (tertiary/aromatic N) is 2. The van der Waals surface area contributed by atoms with Crippen molar-refractivity contribution >= 4 is 23.9 Å². The number of aromatic nitrogens is 2. The van der Waals surface area contributed by atoms with Crippen LogP contribution in [0.15, 0.2) is 53.1 Å². The van der Waals surface area contributed by atoms with Gasteiger partial charge in [0, 0.05) is 5.56 Å². The first-order valence-electron chi connectivity index (χ1n) is 7.57. The number of carbonyl (C=O) groups excluding carboxylic acids is 2. The Balaban J connectivity index is 1.54. The van der Waals surface area contributed by atoms with Crippen molar-refractivity contribution < 1.29 is 23.6 Å². The zero-order valence-corrected chi connectivity index (χ0v) is 14.2. The first-order valence-corrected chi connectivity index (χ1v) is 7.95. The number of aldehydes is 1. The minimum Gasteiger partial charge on any atom is -0.481 e. The molecule has 7 nitrogen and oxygen atoms in total. The van der Waals surface area contributed by atoms with Crippen molar-refractivity contribution in [2.24, 2.45) is 0 Å². The zero-order valence-electron chi connectivity index (χ0n) is 13.4. The summed E-state index contributed by atoms with van der Waals surface area (Å²) in [5, 5.41) is 4.29. The summed E-state index contributed by atoms with van der Waals surface area (Å²) in [7, 11) is 0. The molecule has 0 saturated heterocycles. The van der Waals surface area contributed by atoms with Gasteiger partial charge in [0.05, 0.1) is 10.6 Å². The Morgan fingerprint density at radius 2 is 1.92 bits per heavy atom. The van der Waals surface area contributed by atoms with Gasteiger partial charge in [-0.15, -0.1) is 0 Å². The van der Waals surface area contributed by atoms with Gasteiger partial charge in [0.1, 0.15) is 5.75 Å². The third-order valence-corrected chi connectivity index (χ3v) is 3.66. The molecule has 0 spiro atoms. The van der Waals surface area contributed by atoms with Crippen molar-refractivity contribution in [3.63, 3.8) is 0 Å². The molecule has 0 bridgehead atoms. The van der Waals surface area contributed by atoms with Crippen LogP contribution in [0.3, 0.4) is 0 Å². The molecule has 0 aliphatic carbocycles. The Hall–Kier alpha value is -3.19. The molecule has 0 N–H and O–H groups in total. The van der Waals surface area contributed by atoms with Gasteiger partial charge in [-0.05, 0) is 24.3 Å². The molecular weight excluding hydrogens is 360 g/mol. The zero-order chi connectivity index (χ0) is 18.4. The van der Waals surface area contributed by atoms with Crippen LogP contribution in [0.2, 0.25) is 5.02 Å². The van der Waals surface area contributed by atoms with E-state index < -0.39 is 5.97 Å². The summed E-state index contributed by atoms with van der Waals surface area (Å²) in [4.78, 5) is 26.8. The van der Waals surface area contributed by atoms with Gasteiger partial charge in [-0.3, -0.25) is 4.79 Å². The van der Waals surface area contributed by atoms with Crippen LogP contribution in [0.5, 0.6) is 5.75 Å². The SMILES string of the molecule is O=Cc1ccccc1OCC(=O)OCc1nc(-c2ccccc2Cl)no1. The maximum atomic E-state index is 11.8. The molecular formula is C18H13ClN2O5. The molecule has 26 heavy (non-hydrogen) atoms. The predicted molar refractivity (Wildman–Crippen MR) is 91.9 cm³/mol. The summed E-state index contributed by atoms with van der Waals surface area (Å²) in [5.74, 6) is 0.0980. The maximum Gasteiger partial charge on any atom is 0.344 e. The van der Waals surface area contributed by atoms with Gasteiger partial charge in [0.15, 0.2) is 19.5 Å². The molecule has 8 heteroatoms. The number of hydrogen-bond donors (Lipinski definition) is 0. The van der Waals surface area contributed by atoms with Gasteiger partial charge >= 0.3 is 5.97 Å². The predicted octanol–water partition coefficient (Wildman–Crippen LogP) is 3.32. The van der Waals surface area contributed by atoms with Crippen LogP contribution < -0.4 is 4.74 Å². The monoisotopic (exact) mass is 372 g/mol. The van der Waals surface area contributed by atoms with Crippen LogP contribution in [-0.2, 0) is 16.1 Å². The number of ether oxygens (including phenoxy) is 2. The van der Waals surface area contributed by atoms with Crippen molar-refractivity contribution in [3.05, 3.63) is 65.0 Å². The maximum absolute atomic E-state index is 11.8. The second-order valence-electron chi connectivity index (χ2n) is 5.10. The van der Waals surface area contributed by atoms with Gasteiger partial charge in [-0.2, -0.15) is 4.98 Å². The second-order valence-corrected chi connectivity index (χ2v) is 5.50. The van der Waals surface area contributed by atoms with E-state index in [0.29, 0.717) is 34.0 Å². The number of rotatable bonds is 7. The van der Waals surface area contributed by atoms with Crippen molar-refractivity contribution in [2.75, 3.05) is 6.61 Å². The van der Waals surface area contributed by atoms with E-state index in [1.54, 1.807) is 48.5 Å². The number of halogens is 1. The van der Waals surface area contributed by atoms with Gasteiger partial charge in [-0.1, -0.05) is 41.0 Å². The number of carbonyl (C=O) groups is 2. The quantitative estimate of drug-likeness (QED) is 0.464. The van der Waals surface area contributed by atoms with E-state index in [9.17, 15) is 9.59 Å². The molecule has 0 saturated carbocycles. The van der Waals surface area contributed by atoms with E-state index >= 15 is 0 Å². The van der Waals surface area contributed by atoms with Gasteiger partial charge in [0.25, 0.3) is 5.89 Å². The van der Waals surface area contributed by atoms with E-state index in [0.717, 1.165) is 0 Å². The summed E-state index contributed by atoms with van der Waals surface area (Å²) in [6.07, 6.45) is 0.648. The van der Waals surface area contributed by atoms with E-state index in [2.05, 4.69) is 10.1 Å². The average molecular weight is 373 g/mol. The molecule has 0 aliphatic rings. The molecule has 0 atom stereocenters. The lowest BCUT2D eigenvalue weighted by molar-refractivity contribution is -0.148. The van der Waals surface area contributed by atoms with Crippen LogP contribution in [0.1, 0.15) is 16.2 Å². The Bertz CT molecular complexity index is 925. The van der Waals surface area contributed by atoms with E-state index in [4.69, 9.17) is 25.6 Å². The molecule has 0 unspecified atom stereocenters. The van der Waals surface area contributed by atoms with Gasteiger partial charge < -0.3 is 14.0 Å². The van der Waals surface area contributed by atoms with Crippen LogP contribution in [0.25, 0.3) is 11.4 Å². The topological polar surface area (TPSA) is 91.5 Å². The summed E-state index contributed by atoms with van der Waals surface area (Å²) >= 11 is 6.07. The van der Waals surface area contributed by atoms with Gasteiger partial charge in [-0.25, -0.2) is 4.79 Å². The number of benzene rings is 2. The Kier molecular flexibility index (Phi) is 5.60. The second kappa shape index (κ2) is 8.26. The number of esters is 1. The molecule has 132 valence electrons. The number of para-hydroxylation sites is 1. The fourth-order valence-electron chi connectivity index (χ4n) is 2.10. The van der Waals surface area contributed by atoms with Crippen LogP contribution in [0.4, 0.5) is 0 Å². The normalized spacial score (nSPS) is 10.3. The Morgan fingerprint density at radius 1 is 1.15 bits per heavy atom. The molecule has 3 rings (SSSR count). The van der Waals surface area contributed by atoms with Crippen molar-refractivity contribution in [1.82, 2.24) is 10.1 Å². The fourth-order valence-corrected chi connectivity index (χ4v) is 2.32. The van der Waals surface area contributed by atoms with Crippen molar-refractivity contribution in [1.29, 1.82) is 0 Å². The Morgan fingerprint density at radius 3 is 2.73 bits per heavy atom. The lowest BCUT2D eigenvalue weighted by Crippen LogP contribution is -2.15. The molecule has 1 heterocycles.